The van der Waals surface area contributed by atoms with Crippen LogP contribution in [0.25, 0.3) is 0 Å². The Morgan fingerprint density at radius 2 is 1.57 bits per heavy atom. The SMILES string of the molecule is C.CCN(O)CC. The van der Waals surface area contributed by atoms with Gasteiger partial charge in [0.05, 0.1) is 0 Å². The number of hydrogen-bond donors (Lipinski definition) is 1. The van der Waals surface area contributed by atoms with Crippen molar-refractivity contribution in [1.29, 1.82) is 0 Å². The molecule has 0 saturated heterocycles. The molecule has 2 nitrogen and oxygen atoms in total. The van der Waals surface area contributed by atoms with Crippen molar-refractivity contribution in [2.45, 2.75) is 21.3 Å². The molecule has 0 aromatic carbocycles. The highest BCUT2D eigenvalue weighted by atomic mass is 16.5. The van der Waals surface area contributed by atoms with E-state index in [0.717, 1.165) is 13.1 Å². The van der Waals surface area contributed by atoms with Gasteiger partial charge in [0.25, 0.3) is 0 Å². The van der Waals surface area contributed by atoms with Crippen molar-refractivity contribution in [3.8, 4) is 0 Å². The second-order valence-corrected chi connectivity index (χ2v) is 1.14. The molecule has 0 bridgehead atoms. The summed E-state index contributed by atoms with van der Waals surface area (Å²) in [5, 5.41) is 9.75. The van der Waals surface area contributed by atoms with Gasteiger partial charge in [-0.2, -0.15) is 5.06 Å². The van der Waals surface area contributed by atoms with Gasteiger partial charge in [-0.05, 0) is 0 Å². The zero-order valence-electron chi connectivity index (χ0n) is 4.31. The Morgan fingerprint density at radius 3 is 1.57 bits per heavy atom. The summed E-state index contributed by atoms with van der Waals surface area (Å²) in [7, 11) is 0. The molecule has 0 radical (unpaired) electrons. The molecule has 46 valence electrons. The molecule has 0 heterocycles. The van der Waals surface area contributed by atoms with Crippen LogP contribution in [0.15, 0.2) is 0 Å². The van der Waals surface area contributed by atoms with Crippen LogP contribution in [-0.2, 0) is 0 Å². The number of nitrogens with zero attached hydrogens (tertiary/aromatic N) is 1. The normalized spacial score (nSPS) is 8.57. The molecule has 2 heteroatoms. The van der Waals surface area contributed by atoms with Crippen molar-refractivity contribution >= 4 is 0 Å². The monoisotopic (exact) mass is 105 g/mol. The topological polar surface area (TPSA) is 23.5 Å². The predicted octanol–water partition coefficient (Wildman–Crippen LogP) is 1.35. The summed E-state index contributed by atoms with van der Waals surface area (Å²) in [6, 6.07) is 0. The van der Waals surface area contributed by atoms with Crippen LogP contribution >= 0.6 is 0 Å². The molecule has 0 saturated carbocycles. The van der Waals surface area contributed by atoms with Crippen molar-refractivity contribution in [1.82, 2.24) is 5.06 Å². The smallest absolute Gasteiger partial charge is 0.0209 e. The molecule has 7 heavy (non-hydrogen) atoms. The quantitative estimate of drug-likeness (QED) is 0.536. The molecule has 0 aliphatic carbocycles. The average Bonchev–Trinajstić information content (AvgIpc) is 1.65. The van der Waals surface area contributed by atoms with Crippen LogP contribution in [0.5, 0.6) is 0 Å². The molecule has 0 rings (SSSR count). The zero-order valence-corrected chi connectivity index (χ0v) is 4.31. The highest BCUT2D eigenvalue weighted by Gasteiger charge is 1.84. The lowest BCUT2D eigenvalue weighted by atomic mass is 10.6. The fraction of sp³-hybridized carbons (Fsp3) is 1.00. The minimum Gasteiger partial charge on any atom is -0.314 e. The van der Waals surface area contributed by atoms with Crippen molar-refractivity contribution in [3.63, 3.8) is 0 Å². The molecular weight excluding hydrogens is 90.1 g/mol. The third-order valence-electron chi connectivity index (χ3n) is 0.730. The van der Waals surface area contributed by atoms with Gasteiger partial charge >= 0.3 is 0 Å². The minimum atomic E-state index is 0. The Balaban J connectivity index is 0. The third kappa shape index (κ3) is 5.92. The fourth-order valence-electron chi connectivity index (χ4n) is 0.224. The van der Waals surface area contributed by atoms with Gasteiger partial charge in [0.15, 0.2) is 0 Å². The molecule has 0 aliphatic rings. The Hall–Kier alpha value is -0.0800. The summed E-state index contributed by atoms with van der Waals surface area (Å²) in [5.41, 5.74) is 0. The van der Waals surface area contributed by atoms with E-state index in [2.05, 4.69) is 0 Å². The molecule has 0 aromatic rings. The second-order valence-electron chi connectivity index (χ2n) is 1.14. The molecule has 0 aromatic heterocycles. The lowest BCUT2D eigenvalue weighted by molar-refractivity contribution is -0.0813. The van der Waals surface area contributed by atoms with Crippen molar-refractivity contribution in [2.75, 3.05) is 13.1 Å². The maximum atomic E-state index is 8.50. The predicted molar refractivity (Wildman–Crippen MR) is 31.4 cm³/mol. The van der Waals surface area contributed by atoms with E-state index in [1.807, 2.05) is 13.8 Å². The first-order chi connectivity index (χ1) is 2.81. The van der Waals surface area contributed by atoms with E-state index in [9.17, 15) is 0 Å². The first-order valence-electron chi connectivity index (χ1n) is 2.25. The Morgan fingerprint density at radius 1 is 1.29 bits per heavy atom. The van der Waals surface area contributed by atoms with Gasteiger partial charge in [0.2, 0.25) is 0 Å². The van der Waals surface area contributed by atoms with E-state index < -0.39 is 0 Å². The Kier molecular flexibility index (Phi) is 8.47. The van der Waals surface area contributed by atoms with Crippen LogP contribution in [0.2, 0.25) is 0 Å². The van der Waals surface area contributed by atoms with Crippen LogP contribution in [0, 0.1) is 0 Å². The molecule has 1 N–H and O–H groups in total. The lowest BCUT2D eigenvalue weighted by Gasteiger charge is -2.05. The van der Waals surface area contributed by atoms with E-state index in [4.69, 9.17) is 5.21 Å². The lowest BCUT2D eigenvalue weighted by Crippen LogP contribution is -2.16. The summed E-state index contributed by atoms with van der Waals surface area (Å²) < 4.78 is 0. The van der Waals surface area contributed by atoms with Crippen LogP contribution < -0.4 is 0 Å². The summed E-state index contributed by atoms with van der Waals surface area (Å²) >= 11 is 0. The highest BCUT2D eigenvalue weighted by Crippen LogP contribution is 1.73. The van der Waals surface area contributed by atoms with E-state index in [1.54, 1.807) is 0 Å². The Bertz CT molecular complexity index is 27.3. The largest absolute Gasteiger partial charge is 0.314 e. The summed E-state index contributed by atoms with van der Waals surface area (Å²) in [4.78, 5) is 0. The summed E-state index contributed by atoms with van der Waals surface area (Å²) in [6.07, 6.45) is 0. The molecule has 0 fully saturated rings. The molecule has 0 aliphatic heterocycles. The molecule has 0 atom stereocenters. The van der Waals surface area contributed by atoms with Gasteiger partial charge < -0.3 is 5.21 Å². The van der Waals surface area contributed by atoms with Crippen LogP contribution in [-0.4, -0.2) is 23.4 Å². The standard InChI is InChI=1S/C4H11NO.CH4/c1-3-5(6)4-2;/h6H,3-4H2,1-2H3;1H4. The average molecular weight is 105 g/mol. The van der Waals surface area contributed by atoms with Crippen molar-refractivity contribution in [3.05, 3.63) is 0 Å². The first kappa shape index (κ1) is 10.0. The zero-order chi connectivity index (χ0) is 4.99. The fourth-order valence-corrected chi connectivity index (χ4v) is 0.224. The van der Waals surface area contributed by atoms with Crippen LogP contribution in [0.4, 0.5) is 0 Å². The van der Waals surface area contributed by atoms with E-state index in [1.165, 1.54) is 5.06 Å². The van der Waals surface area contributed by atoms with Gasteiger partial charge in [-0.1, -0.05) is 21.3 Å². The van der Waals surface area contributed by atoms with Gasteiger partial charge in [-0.3, -0.25) is 0 Å². The van der Waals surface area contributed by atoms with E-state index in [0.29, 0.717) is 0 Å². The summed E-state index contributed by atoms with van der Waals surface area (Å²) in [5.74, 6) is 0. The second kappa shape index (κ2) is 5.92. The number of rotatable bonds is 2. The van der Waals surface area contributed by atoms with Crippen molar-refractivity contribution in [2.24, 2.45) is 0 Å². The van der Waals surface area contributed by atoms with Crippen LogP contribution in [0.3, 0.4) is 0 Å². The van der Waals surface area contributed by atoms with E-state index in [-0.39, 0.29) is 7.43 Å². The molecule has 0 spiro atoms. The molecule has 0 unspecified atom stereocenters. The third-order valence-corrected chi connectivity index (χ3v) is 0.730. The number of hydroxylamine groups is 2. The minimum absolute atomic E-state index is 0. The van der Waals surface area contributed by atoms with E-state index >= 15 is 0 Å². The maximum absolute atomic E-state index is 8.50. The van der Waals surface area contributed by atoms with Gasteiger partial charge in [-0.25, -0.2) is 0 Å². The highest BCUT2D eigenvalue weighted by molar-refractivity contribution is 4.26. The van der Waals surface area contributed by atoms with Gasteiger partial charge in [0, 0.05) is 13.1 Å². The summed E-state index contributed by atoms with van der Waals surface area (Å²) in [6.45, 7) is 5.25. The molecule has 0 amide bonds. The van der Waals surface area contributed by atoms with Crippen molar-refractivity contribution < 1.29 is 5.21 Å². The Labute approximate surface area is 45.7 Å². The van der Waals surface area contributed by atoms with Gasteiger partial charge in [-0.15, -0.1) is 0 Å². The first-order valence-corrected chi connectivity index (χ1v) is 2.25. The number of hydrogen-bond acceptors (Lipinski definition) is 2. The van der Waals surface area contributed by atoms with Gasteiger partial charge in [0.1, 0.15) is 0 Å². The molecular formula is C5H15NO. The maximum Gasteiger partial charge on any atom is 0.0209 e. The van der Waals surface area contributed by atoms with Crippen LogP contribution in [0.1, 0.15) is 21.3 Å².